The predicted octanol–water partition coefficient (Wildman–Crippen LogP) is 3.94. The molecule has 0 unspecified atom stereocenters. The van der Waals surface area contributed by atoms with Crippen LogP contribution >= 0.6 is 0 Å². The molecule has 1 heterocycles. The molecule has 0 spiro atoms. The molecular weight excluding hydrogens is 170 g/mol. The average molecular weight is 191 g/mol. The summed E-state index contributed by atoms with van der Waals surface area (Å²) >= 11 is 0. The van der Waals surface area contributed by atoms with Crippen LogP contribution in [-0.2, 0) is 6.42 Å². The van der Waals surface area contributed by atoms with E-state index in [4.69, 9.17) is 0 Å². The second-order valence-corrected chi connectivity index (χ2v) is 4.19. The van der Waals surface area contributed by atoms with Gasteiger partial charge in [-0.2, -0.15) is 0 Å². The zero-order valence-corrected chi connectivity index (χ0v) is 9.59. The lowest BCUT2D eigenvalue weighted by Gasteiger charge is -2.06. The van der Waals surface area contributed by atoms with E-state index < -0.39 is 0 Å². The number of unbranched alkanes of at least 4 members (excludes halogenated alkanes) is 2. The molecule has 0 aliphatic heterocycles. The van der Waals surface area contributed by atoms with Crippen molar-refractivity contribution < 1.29 is 0 Å². The van der Waals surface area contributed by atoms with Gasteiger partial charge in [0, 0.05) is 11.9 Å². The second-order valence-electron chi connectivity index (χ2n) is 4.19. The maximum absolute atomic E-state index is 4.39. The molecule has 78 valence electrons. The van der Waals surface area contributed by atoms with Crippen LogP contribution < -0.4 is 0 Å². The molecule has 1 nitrogen and oxygen atoms in total. The maximum atomic E-state index is 4.39. The Hall–Kier alpha value is -0.850. The third kappa shape index (κ3) is 3.49. The molecule has 0 N–H and O–H groups in total. The van der Waals surface area contributed by atoms with Crippen LogP contribution in [0.3, 0.4) is 0 Å². The average Bonchev–Trinajstić information content (AvgIpc) is 2.19. The Labute approximate surface area is 87.6 Å². The van der Waals surface area contributed by atoms with Crippen LogP contribution in [0.5, 0.6) is 0 Å². The van der Waals surface area contributed by atoms with Crippen molar-refractivity contribution in [3.05, 3.63) is 29.6 Å². The highest BCUT2D eigenvalue weighted by molar-refractivity contribution is 5.19. The fourth-order valence-electron chi connectivity index (χ4n) is 1.55. The number of hydrogen-bond donors (Lipinski definition) is 0. The molecule has 1 aromatic rings. The summed E-state index contributed by atoms with van der Waals surface area (Å²) < 4.78 is 0. The molecule has 0 amide bonds. The van der Waals surface area contributed by atoms with Gasteiger partial charge in [0.25, 0.3) is 0 Å². The van der Waals surface area contributed by atoms with Crippen LogP contribution in [-0.4, -0.2) is 4.98 Å². The second kappa shape index (κ2) is 5.79. The highest BCUT2D eigenvalue weighted by atomic mass is 14.7. The Kier molecular flexibility index (Phi) is 4.64. The normalized spacial score (nSPS) is 10.9. The van der Waals surface area contributed by atoms with Gasteiger partial charge in [-0.3, -0.25) is 4.98 Å². The molecule has 0 aromatic carbocycles. The van der Waals surface area contributed by atoms with Crippen molar-refractivity contribution in [2.45, 2.75) is 52.4 Å². The molecule has 0 aliphatic rings. The standard InChI is InChI=1S/C13H21N/c1-4-5-6-7-13-10-12(11(2)3)8-9-14-13/h8-11H,4-7H2,1-3H3. The van der Waals surface area contributed by atoms with E-state index >= 15 is 0 Å². The van der Waals surface area contributed by atoms with Gasteiger partial charge in [-0.1, -0.05) is 33.6 Å². The van der Waals surface area contributed by atoms with Gasteiger partial charge in [0.1, 0.15) is 0 Å². The van der Waals surface area contributed by atoms with E-state index in [-0.39, 0.29) is 0 Å². The van der Waals surface area contributed by atoms with Crippen LogP contribution in [0.4, 0.5) is 0 Å². The Morgan fingerprint density at radius 2 is 2.07 bits per heavy atom. The van der Waals surface area contributed by atoms with Crippen LogP contribution in [0.25, 0.3) is 0 Å². The molecule has 0 atom stereocenters. The smallest absolute Gasteiger partial charge is 0.0406 e. The van der Waals surface area contributed by atoms with Crippen molar-refractivity contribution in [3.8, 4) is 0 Å². The van der Waals surface area contributed by atoms with Crippen LogP contribution in [0.15, 0.2) is 18.3 Å². The van der Waals surface area contributed by atoms with Crippen molar-refractivity contribution in [2.75, 3.05) is 0 Å². The van der Waals surface area contributed by atoms with E-state index in [1.807, 2.05) is 6.20 Å². The fourth-order valence-corrected chi connectivity index (χ4v) is 1.55. The predicted molar refractivity (Wildman–Crippen MR) is 61.6 cm³/mol. The van der Waals surface area contributed by atoms with Crippen molar-refractivity contribution in [1.29, 1.82) is 0 Å². The molecule has 1 rings (SSSR count). The topological polar surface area (TPSA) is 12.9 Å². The van der Waals surface area contributed by atoms with Crippen molar-refractivity contribution in [2.24, 2.45) is 0 Å². The largest absolute Gasteiger partial charge is 0.261 e. The first-order chi connectivity index (χ1) is 6.74. The summed E-state index contributed by atoms with van der Waals surface area (Å²) in [5.74, 6) is 0.614. The van der Waals surface area contributed by atoms with E-state index in [1.54, 1.807) is 0 Å². The first-order valence-corrected chi connectivity index (χ1v) is 5.69. The summed E-state index contributed by atoms with van der Waals surface area (Å²) in [5, 5.41) is 0. The third-order valence-electron chi connectivity index (χ3n) is 2.54. The van der Waals surface area contributed by atoms with Gasteiger partial charge in [-0.05, 0) is 36.5 Å². The Balaban J connectivity index is 2.55. The molecule has 1 heteroatoms. The Bertz CT molecular complexity index is 266. The monoisotopic (exact) mass is 191 g/mol. The van der Waals surface area contributed by atoms with E-state index in [0.29, 0.717) is 5.92 Å². The minimum Gasteiger partial charge on any atom is -0.261 e. The lowest BCUT2D eigenvalue weighted by Crippen LogP contribution is -1.94. The van der Waals surface area contributed by atoms with Gasteiger partial charge >= 0.3 is 0 Å². The SMILES string of the molecule is CCCCCc1cc(C(C)C)ccn1. The first kappa shape index (κ1) is 11.2. The number of aromatic nitrogens is 1. The summed E-state index contributed by atoms with van der Waals surface area (Å²) in [5.41, 5.74) is 2.66. The number of hydrogen-bond acceptors (Lipinski definition) is 1. The summed E-state index contributed by atoms with van der Waals surface area (Å²) in [6.07, 6.45) is 6.94. The van der Waals surface area contributed by atoms with Crippen LogP contribution in [0.1, 0.15) is 57.2 Å². The van der Waals surface area contributed by atoms with E-state index in [9.17, 15) is 0 Å². The molecule has 0 aliphatic carbocycles. The summed E-state index contributed by atoms with van der Waals surface area (Å²) in [7, 11) is 0. The summed E-state index contributed by atoms with van der Waals surface area (Å²) in [6.45, 7) is 6.69. The van der Waals surface area contributed by atoms with Gasteiger partial charge < -0.3 is 0 Å². The molecule has 14 heavy (non-hydrogen) atoms. The van der Waals surface area contributed by atoms with Gasteiger partial charge in [0.2, 0.25) is 0 Å². The number of aryl methyl sites for hydroxylation is 1. The third-order valence-corrected chi connectivity index (χ3v) is 2.54. The zero-order chi connectivity index (χ0) is 10.4. The zero-order valence-electron chi connectivity index (χ0n) is 9.59. The molecule has 0 bridgehead atoms. The minimum atomic E-state index is 0.614. The van der Waals surface area contributed by atoms with Gasteiger partial charge in [-0.25, -0.2) is 0 Å². The molecular formula is C13H21N. The van der Waals surface area contributed by atoms with Gasteiger partial charge in [0.05, 0.1) is 0 Å². The number of pyridine rings is 1. The van der Waals surface area contributed by atoms with E-state index in [0.717, 1.165) is 6.42 Å². The number of rotatable bonds is 5. The van der Waals surface area contributed by atoms with Gasteiger partial charge in [0.15, 0.2) is 0 Å². The Morgan fingerprint density at radius 1 is 1.29 bits per heavy atom. The van der Waals surface area contributed by atoms with Crippen LogP contribution in [0.2, 0.25) is 0 Å². The molecule has 0 radical (unpaired) electrons. The van der Waals surface area contributed by atoms with E-state index in [2.05, 4.69) is 37.9 Å². The maximum Gasteiger partial charge on any atom is 0.0406 e. The lowest BCUT2D eigenvalue weighted by molar-refractivity contribution is 0.705. The highest BCUT2D eigenvalue weighted by Crippen LogP contribution is 2.15. The van der Waals surface area contributed by atoms with Crippen molar-refractivity contribution in [3.63, 3.8) is 0 Å². The first-order valence-electron chi connectivity index (χ1n) is 5.69. The molecule has 0 fully saturated rings. The molecule has 0 saturated carbocycles. The summed E-state index contributed by atoms with van der Waals surface area (Å²) in [6, 6.07) is 4.37. The fraction of sp³-hybridized carbons (Fsp3) is 0.615. The highest BCUT2D eigenvalue weighted by Gasteiger charge is 2.00. The number of nitrogens with zero attached hydrogens (tertiary/aromatic N) is 1. The molecule has 1 aromatic heterocycles. The lowest BCUT2D eigenvalue weighted by atomic mass is 10.0. The quantitative estimate of drug-likeness (QED) is 0.642. The van der Waals surface area contributed by atoms with Crippen molar-refractivity contribution in [1.82, 2.24) is 4.98 Å². The molecule has 0 saturated heterocycles. The minimum absolute atomic E-state index is 0.614. The van der Waals surface area contributed by atoms with Crippen LogP contribution in [0, 0.1) is 0 Å². The Morgan fingerprint density at radius 3 is 2.71 bits per heavy atom. The van der Waals surface area contributed by atoms with E-state index in [1.165, 1.54) is 30.5 Å². The van der Waals surface area contributed by atoms with Gasteiger partial charge in [-0.15, -0.1) is 0 Å². The van der Waals surface area contributed by atoms with Crippen molar-refractivity contribution >= 4 is 0 Å². The summed E-state index contributed by atoms with van der Waals surface area (Å²) in [4.78, 5) is 4.39.